The lowest BCUT2D eigenvalue weighted by Crippen LogP contribution is -2.50. The number of hydrogen-bond donors (Lipinski definition) is 2. The van der Waals surface area contributed by atoms with Crippen LogP contribution in [0.15, 0.2) is 6.33 Å². The minimum absolute atomic E-state index is 0.159. The number of aromatic nitrogens is 3. The lowest BCUT2D eigenvalue weighted by atomic mass is 9.98. The maximum atomic E-state index is 11.1. The van der Waals surface area contributed by atoms with Crippen LogP contribution in [0.25, 0.3) is 0 Å². The Morgan fingerprint density at radius 2 is 2.38 bits per heavy atom. The number of aliphatic carboxylic acids is 1. The first kappa shape index (κ1) is 12.6. The molecule has 2 atom stereocenters. The smallest absolute Gasteiger partial charge is 0.323 e. The van der Waals surface area contributed by atoms with Crippen LogP contribution in [0.3, 0.4) is 0 Å². The van der Waals surface area contributed by atoms with Crippen molar-refractivity contribution >= 4 is 5.97 Å². The highest BCUT2D eigenvalue weighted by Gasteiger charge is 2.33. The molecule has 90 valence electrons. The van der Waals surface area contributed by atoms with Gasteiger partial charge in [-0.25, -0.2) is 0 Å². The summed E-state index contributed by atoms with van der Waals surface area (Å²) in [6.07, 6.45) is 2.10. The zero-order chi connectivity index (χ0) is 12.3. The monoisotopic (exact) mass is 226 g/mol. The van der Waals surface area contributed by atoms with Crippen LogP contribution in [0, 0.1) is 0 Å². The van der Waals surface area contributed by atoms with Gasteiger partial charge in [-0.3, -0.25) is 10.1 Å². The average molecular weight is 226 g/mol. The first-order valence-corrected chi connectivity index (χ1v) is 5.25. The van der Waals surface area contributed by atoms with Crippen LogP contribution < -0.4 is 5.32 Å². The molecule has 0 bridgehead atoms. The molecule has 1 aromatic rings. The van der Waals surface area contributed by atoms with Gasteiger partial charge in [-0.1, -0.05) is 6.92 Å². The predicted octanol–water partition coefficient (Wildman–Crippen LogP) is 0.719. The molecule has 0 fully saturated rings. The molecule has 0 spiro atoms. The number of nitrogens with one attached hydrogen (secondary N) is 1. The lowest BCUT2D eigenvalue weighted by molar-refractivity contribution is -0.144. The van der Waals surface area contributed by atoms with Gasteiger partial charge in [0, 0.05) is 7.05 Å². The number of nitrogens with zero attached hydrogens (tertiary/aromatic N) is 3. The molecule has 2 N–H and O–H groups in total. The van der Waals surface area contributed by atoms with Crippen LogP contribution in [-0.4, -0.2) is 31.4 Å². The van der Waals surface area contributed by atoms with Crippen molar-refractivity contribution in [1.29, 1.82) is 0 Å². The third-order valence-corrected chi connectivity index (χ3v) is 2.85. The van der Waals surface area contributed by atoms with E-state index in [2.05, 4.69) is 15.5 Å². The van der Waals surface area contributed by atoms with E-state index < -0.39 is 11.5 Å². The molecule has 6 heteroatoms. The van der Waals surface area contributed by atoms with Crippen LogP contribution in [0.4, 0.5) is 0 Å². The van der Waals surface area contributed by atoms with E-state index in [0.717, 1.165) is 5.82 Å². The van der Waals surface area contributed by atoms with Gasteiger partial charge in [0.25, 0.3) is 0 Å². The van der Waals surface area contributed by atoms with Crippen LogP contribution in [0.1, 0.15) is 39.1 Å². The Hall–Kier alpha value is -1.43. The quantitative estimate of drug-likeness (QED) is 0.773. The molecule has 1 aromatic heterocycles. The van der Waals surface area contributed by atoms with Crippen molar-refractivity contribution in [2.24, 2.45) is 7.05 Å². The van der Waals surface area contributed by atoms with Crippen molar-refractivity contribution in [2.75, 3.05) is 0 Å². The number of carboxylic acid groups (broad SMARTS) is 1. The van der Waals surface area contributed by atoms with Gasteiger partial charge in [0.1, 0.15) is 17.7 Å². The topological polar surface area (TPSA) is 80.0 Å². The second-order valence-electron chi connectivity index (χ2n) is 4.16. The van der Waals surface area contributed by atoms with E-state index in [0.29, 0.717) is 6.42 Å². The number of carboxylic acids is 1. The molecule has 6 nitrogen and oxygen atoms in total. The molecular weight excluding hydrogens is 208 g/mol. The maximum Gasteiger partial charge on any atom is 0.323 e. The van der Waals surface area contributed by atoms with E-state index in [1.807, 2.05) is 20.9 Å². The molecule has 0 saturated carbocycles. The zero-order valence-corrected chi connectivity index (χ0v) is 10.1. The fraction of sp³-hybridized carbons (Fsp3) is 0.700. The second-order valence-corrected chi connectivity index (χ2v) is 4.16. The highest BCUT2D eigenvalue weighted by molar-refractivity contribution is 5.78. The van der Waals surface area contributed by atoms with E-state index in [1.165, 1.54) is 0 Å². The van der Waals surface area contributed by atoms with Crippen molar-refractivity contribution in [3.05, 3.63) is 12.2 Å². The summed E-state index contributed by atoms with van der Waals surface area (Å²) in [6, 6.07) is -0.159. The van der Waals surface area contributed by atoms with Crippen LogP contribution in [0.5, 0.6) is 0 Å². The predicted molar refractivity (Wildman–Crippen MR) is 58.9 cm³/mol. The third-order valence-electron chi connectivity index (χ3n) is 2.85. The molecule has 0 aliphatic carbocycles. The highest BCUT2D eigenvalue weighted by Crippen LogP contribution is 2.17. The van der Waals surface area contributed by atoms with Crippen LogP contribution in [-0.2, 0) is 11.8 Å². The lowest BCUT2D eigenvalue weighted by Gasteiger charge is -2.28. The van der Waals surface area contributed by atoms with E-state index >= 15 is 0 Å². The molecule has 0 saturated heterocycles. The third kappa shape index (κ3) is 2.38. The summed E-state index contributed by atoms with van der Waals surface area (Å²) in [5.41, 5.74) is -0.939. The highest BCUT2D eigenvalue weighted by atomic mass is 16.4. The fourth-order valence-electron chi connectivity index (χ4n) is 1.54. The molecule has 16 heavy (non-hydrogen) atoms. The minimum Gasteiger partial charge on any atom is -0.480 e. The van der Waals surface area contributed by atoms with Gasteiger partial charge in [-0.2, -0.15) is 0 Å². The van der Waals surface area contributed by atoms with Crippen LogP contribution in [0.2, 0.25) is 0 Å². The van der Waals surface area contributed by atoms with Crippen LogP contribution >= 0.6 is 0 Å². The summed E-state index contributed by atoms with van der Waals surface area (Å²) in [6.45, 7) is 5.38. The molecule has 0 aliphatic heterocycles. The number of hydrogen-bond acceptors (Lipinski definition) is 4. The number of rotatable bonds is 5. The molecule has 0 radical (unpaired) electrons. The van der Waals surface area contributed by atoms with Crippen molar-refractivity contribution in [1.82, 2.24) is 20.1 Å². The Bertz CT molecular complexity index is 377. The molecular formula is C10H18N4O2. The van der Waals surface area contributed by atoms with Crippen molar-refractivity contribution in [3.63, 3.8) is 0 Å². The van der Waals surface area contributed by atoms with E-state index in [1.54, 1.807) is 17.8 Å². The van der Waals surface area contributed by atoms with Gasteiger partial charge in [0.15, 0.2) is 0 Å². The molecule has 1 heterocycles. The summed E-state index contributed by atoms with van der Waals surface area (Å²) in [5, 5.41) is 19.9. The maximum absolute atomic E-state index is 11.1. The van der Waals surface area contributed by atoms with Crippen molar-refractivity contribution in [3.8, 4) is 0 Å². The van der Waals surface area contributed by atoms with Gasteiger partial charge in [-0.05, 0) is 20.3 Å². The van der Waals surface area contributed by atoms with E-state index in [9.17, 15) is 4.79 Å². The van der Waals surface area contributed by atoms with E-state index in [4.69, 9.17) is 5.11 Å². The Kier molecular flexibility index (Phi) is 3.64. The number of carbonyl (C=O) groups is 1. The zero-order valence-electron chi connectivity index (χ0n) is 10.1. The average Bonchev–Trinajstić information content (AvgIpc) is 2.64. The molecule has 0 aliphatic rings. The summed E-state index contributed by atoms with van der Waals surface area (Å²) in [4.78, 5) is 11.1. The van der Waals surface area contributed by atoms with Gasteiger partial charge >= 0.3 is 5.97 Å². The molecule has 0 amide bonds. The van der Waals surface area contributed by atoms with Gasteiger partial charge < -0.3 is 9.67 Å². The standard InChI is InChI=1S/C10H18N4O2/c1-5-10(3,9(15)16)12-7(2)8-13-11-6-14(8)4/h6-7,12H,5H2,1-4H3,(H,15,16). The minimum atomic E-state index is -0.939. The SMILES string of the molecule is CCC(C)(NC(C)c1nncn1C)C(=O)O. The van der Waals surface area contributed by atoms with Crippen molar-refractivity contribution < 1.29 is 9.90 Å². The van der Waals surface area contributed by atoms with Crippen molar-refractivity contribution in [2.45, 2.75) is 38.8 Å². The fourth-order valence-corrected chi connectivity index (χ4v) is 1.54. The Morgan fingerprint density at radius 3 is 2.75 bits per heavy atom. The number of aryl methyl sites for hydroxylation is 1. The Balaban J connectivity index is 2.81. The van der Waals surface area contributed by atoms with Gasteiger partial charge in [-0.15, -0.1) is 10.2 Å². The van der Waals surface area contributed by atoms with E-state index in [-0.39, 0.29) is 6.04 Å². The summed E-state index contributed by atoms with van der Waals surface area (Å²) < 4.78 is 1.77. The normalized spacial score (nSPS) is 16.8. The first-order chi connectivity index (χ1) is 7.40. The first-order valence-electron chi connectivity index (χ1n) is 5.25. The summed E-state index contributed by atoms with van der Waals surface area (Å²) in [5.74, 6) is -0.134. The van der Waals surface area contributed by atoms with Gasteiger partial charge in [0.2, 0.25) is 0 Å². The molecule has 1 rings (SSSR count). The molecule has 2 unspecified atom stereocenters. The summed E-state index contributed by atoms with van der Waals surface area (Å²) >= 11 is 0. The second kappa shape index (κ2) is 4.61. The largest absolute Gasteiger partial charge is 0.480 e. The Labute approximate surface area is 94.7 Å². The van der Waals surface area contributed by atoms with Gasteiger partial charge in [0.05, 0.1) is 6.04 Å². The Morgan fingerprint density at radius 1 is 1.75 bits per heavy atom. The molecule has 0 aromatic carbocycles. The summed E-state index contributed by atoms with van der Waals surface area (Å²) in [7, 11) is 1.83.